The van der Waals surface area contributed by atoms with Crippen molar-refractivity contribution in [1.29, 1.82) is 0 Å². The third kappa shape index (κ3) is 7.60. The predicted molar refractivity (Wildman–Crippen MR) is 283 cm³/mol. The van der Waals surface area contributed by atoms with Crippen LogP contribution in [0.1, 0.15) is 0 Å². The zero-order valence-electron chi connectivity index (χ0n) is 37.1. The van der Waals surface area contributed by atoms with Gasteiger partial charge in [-0.1, -0.05) is 158 Å². The zero-order valence-corrected chi connectivity index (χ0v) is 37.1. The van der Waals surface area contributed by atoms with Gasteiger partial charge in [-0.15, -0.1) is 0 Å². The molecule has 0 bridgehead atoms. The van der Waals surface area contributed by atoms with E-state index in [9.17, 15) is 0 Å². The van der Waals surface area contributed by atoms with Gasteiger partial charge in [-0.3, -0.25) is 0 Å². The smallest absolute Gasteiger partial charge is 0.143 e. The fraction of sp³-hybridized carbons (Fsp3) is 0. The SMILES string of the molecule is c1ccc(-c2c(-c3ccc(N(c4ccccc4)c4ccc(-c5ccc(N(c6ccccc6)c6ccc(-c7oc8ccccc8c7-c7ccccc7)cc6)cc5)cc4)cc3)oc3ccccc23)cc1. The molecule has 0 amide bonds. The number of anilines is 6. The lowest BCUT2D eigenvalue weighted by atomic mass is 9.98. The Balaban J connectivity index is 0.839. The number of hydrogen-bond acceptors (Lipinski definition) is 4. The molecule has 0 saturated heterocycles. The largest absolute Gasteiger partial charge is 0.455 e. The fourth-order valence-electron chi connectivity index (χ4n) is 9.46. The molecule has 0 spiro atoms. The second-order valence-corrected chi connectivity index (χ2v) is 16.9. The molecule has 12 aromatic rings. The minimum Gasteiger partial charge on any atom is -0.455 e. The second kappa shape index (κ2) is 17.7. The van der Waals surface area contributed by atoms with Crippen LogP contribution in [0.2, 0.25) is 0 Å². The quantitative estimate of drug-likeness (QED) is 0.130. The third-order valence-corrected chi connectivity index (χ3v) is 12.7. The van der Waals surface area contributed by atoms with Gasteiger partial charge in [0.05, 0.1) is 0 Å². The molecule has 68 heavy (non-hydrogen) atoms. The molecule has 0 aliphatic rings. The Kier molecular flexibility index (Phi) is 10.5. The first-order chi connectivity index (χ1) is 33.7. The van der Waals surface area contributed by atoms with Crippen molar-refractivity contribution < 1.29 is 8.83 Å². The molecular formula is C64H44N2O2. The molecule has 2 aromatic heterocycles. The van der Waals surface area contributed by atoms with Gasteiger partial charge < -0.3 is 18.6 Å². The molecule has 0 aliphatic heterocycles. The summed E-state index contributed by atoms with van der Waals surface area (Å²) in [5.74, 6) is 1.74. The molecular weight excluding hydrogens is 829 g/mol. The molecule has 12 rings (SSSR count). The molecule has 10 aromatic carbocycles. The molecule has 4 heteroatoms. The molecule has 0 radical (unpaired) electrons. The highest BCUT2D eigenvalue weighted by molar-refractivity contribution is 6.03. The highest BCUT2D eigenvalue weighted by Crippen LogP contribution is 2.45. The number of fused-ring (bicyclic) bond motifs is 2. The van der Waals surface area contributed by atoms with E-state index in [2.05, 4.69) is 240 Å². The molecule has 0 atom stereocenters. The van der Waals surface area contributed by atoms with Gasteiger partial charge in [0, 0.05) is 67.2 Å². The number of furan rings is 2. The van der Waals surface area contributed by atoms with E-state index in [0.717, 1.165) is 112 Å². The van der Waals surface area contributed by atoms with E-state index in [1.165, 1.54) is 0 Å². The van der Waals surface area contributed by atoms with Crippen LogP contribution in [-0.4, -0.2) is 0 Å². The second-order valence-electron chi connectivity index (χ2n) is 16.9. The summed E-state index contributed by atoms with van der Waals surface area (Å²) < 4.78 is 13.1. The van der Waals surface area contributed by atoms with Crippen molar-refractivity contribution in [2.75, 3.05) is 9.80 Å². The zero-order chi connectivity index (χ0) is 45.2. The van der Waals surface area contributed by atoms with Crippen LogP contribution in [-0.2, 0) is 0 Å². The van der Waals surface area contributed by atoms with Crippen molar-refractivity contribution in [2.24, 2.45) is 0 Å². The summed E-state index contributed by atoms with van der Waals surface area (Å²) in [5.41, 5.74) is 17.0. The van der Waals surface area contributed by atoms with Crippen LogP contribution in [0.15, 0.2) is 276 Å². The first-order valence-electron chi connectivity index (χ1n) is 23.0. The topological polar surface area (TPSA) is 32.8 Å². The molecule has 0 aliphatic carbocycles. The third-order valence-electron chi connectivity index (χ3n) is 12.7. The van der Waals surface area contributed by atoms with Crippen LogP contribution in [0.4, 0.5) is 34.1 Å². The molecule has 4 nitrogen and oxygen atoms in total. The maximum Gasteiger partial charge on any atom is 0.143 e. The van der Waals surface area contributed by atoms with Gasteiger partial charge in [0.1, 0.15) is 22.7 Å². The maximum atomic E-state index is 6.55. The van der Waals surface area contributed by atoms with E-state index in [1.807, 2.05) is 36.4 Å². The van der Waals surface area contributed by atoms with Gasteiger partial charge in [0.25, 0.3) is 0 Å². The van der Waals surface area contributed by atoms with E-state index in [0.29, 0.717) is 0 Å². The molecule has 0 saturated carbocycles. The van der Waals surface area contributed by atoms with E-state index >= 15 is 0 Å². The Morgan fingerprint density at radius 2 is 0.471 bits per heavy atom. The predicted octanol–water partition coefficient (Wildman–Crippen LogP) is 18.5. The van der Waals surface area contributed by atoms with Crippen molar-refractivity contribution in [3.63, 3.8) is 0 Å². The normalized spacial score (nSPS) is 11.2. The van der Waals surface area contributed by atoms with Gasteiger partial charge in [0.15, 0.2) is 0 Å². The van der Waals surface area contributed by atoms with Gasteiger partial charge >= 0.3 is 0 Å². The highest BCUT2D eigenvalue weighted by Gasteiger charge is 2.21. The van der Waals surface area contributed by atoms with Crippen molar-refractivity contribution in [2.45, 2.75) is 0 Å². The Labute approximate surface area is 395 Å². The van der Waals surface area contributed by atoms with Crippen molar-refractivity contribution >= 4 is 56.1 Å². The lowest BCUT2D eigenvalue weighted by Crippen LogP contribution is -2.10. The monoisotopic (exact) mass is 872 g/mol. The van der Waals surface area contributed by atoms with Gasteiger partial charge in [-0.25, -0.2) is 0 Å². The van der Waals surface area contributed by atoms with Crippen molar-refractivity contribution in [3.8, 4) is 56.0 Å². The molecule has 0 unspecified atom stereocenters. The number of benzene rings is 10. The van der Waals surface area contributed by atoms with Crippen LogP contribution in [0.5, 0.6) is 0 Å². The summed E-state index contributed by atoms with van der Waals surface area (Å²) in [5, 5.41) is 2.21. The van der Waals surface area contributed by atoms with Crippen molar-refractivity contribution in [1.82, 2.24) is 0 Å². The first-order valence-corrected chi connectivity index (χ1v) is 23.0. The number of para-hydroxylation sites is 4. The summed E-state index contributed by atoms with van der Waals surface area (Å²) >= 11 is 0. The summed E-state index contributed by atoms with van der Waals surface area (Å²) in [6, 6.07) is 93.7. The van der Waals surface area contributed by atoms with Crippen LogP contribution >= 0.6 is 0 Å². The average Bonchev–Trinajstić information content (AvgIpc) is 4.01. The van der Waals surface area contributed by atoms with Crippen molar-refractivity contribution in [3.05, 3.63) is 267 Å². The Bertz CT molecular complexity index is 3370. The first kappa shape index (κ1) is 40.4. The molecule has 0 fully saturated rings. The Hall–Kier alpha value is -9.12. The maximum absolute atomic E-state index is 6.55. The standard InChI is InChI=1S/C64H44N2O2/c1-5-17-47(18-6-1)61-57-25-13-15-27-59(57)67-63(61)49-33-41-55(42-34-49)65(51-21-9-3-10-22-51)53-37-29-45(30-38-53)46-31-39-54(40-32-46)66(52-23-11-4-12-24-52)56-43-35-50(36-44-56)64-62(48-19-7-2-8-20-48)58-26-14-16-28-60(58)68-64/h1-44H. The van der Waals surface area contributed by atoms with Crippen LogP contribution in [0, 0.1) is 0 Å². The Morgan fingerprint density at radius 3 is 0.809 bits per heavy atom. The van der Waals surface area contributed by atoms with E-state index < -0.39 is 0 Å². The summed E-state index contributed by atoms with van der Waals surface area (Å²) in [4.78, 5) is 4.60. The molecule has 0 N–H and O–H groups in total. The van der Waals surface area contributed by atoms with Crippen LogP contribution in [0.25, 0.3) is 78.0 Å². The lowest BCUT2D eigenvalue weighted by molar-refractivity contribution is 0.632. The summed E-state index contributed by atoms with van der Waals surface area (Å²) in [6.07, 6.45) is 0. The molecule has 322 valence electrons. The minimum atomic E-state index is 0.868. The average molecular weight is 873 g/mol. The van der Waals surface area contributed by atoms with Crippen LogP contribution in [0.3, 0.4) is 0 Å². The van der Waals surface area contributed by atoms with Crippen LogP contribution < -0.4 is 9.80 Å². The summed E-state index contributed by atoms with van der Waals surface area (Å²) in [6.45, 7) is 0. The number of hydrogen-bond donors (Lipinski definition) is 0. The van der Waals surface area contributed by atoms with E-state index in [1.54, 1.807) is 0 Å². The van der Waals surface area contributed by atoms with E-state index in [4.69, 9.17) is 8.83 Å². The highest BCUT2D eigenvalue weighted by atomic mass is 16.3. The molecule has 2 heterocycles. The fourth-order valence-corrected chi connectivity index (χ4v) is 9.46. The lowest BCUT2D eigenvalue weighted by Gasteiger charge is -2.26. The van der Waals surface area contributed by atoms with Gasteiger partial charge in [-0.05, 0) is 131 Å². The number of rotatable bonds is 11. The summed E-state index contributed by atoms with van der Waals surface area (Å²) in [7, 11) is 0. The van der Waals surface area contributed by atoms with E-state index in [-0.39, 0.29) is 0 Å². The minimum absolute atomic E-state index is 0.868. The Morgan fingerprint density at radius 1 is 0.206 bits per heavy atom. The number of nitrogens with zero attached hydrogens (tertiary/aromatic N) is 2. The van der Waals surface area contributed by atoms with Gasteiger partial charge in [0.2, 0.25) is 0 Å². The van der Waals surface area contributed by atoms with Gasteiger partial charge in [-0.2, -0.15) is 0 Å².